The molecule has 0 spiro atoms. The summed E-state index contributed by atoms with van der Waals surface area (Å²) in [4.78, 5) is 25.2. The summed E-state index contributed by atoms with van der Waals surface area (Å²) < 4.78 is 69.4. The lowest BCUT2D eigenvalue weighted by Crippen LogP contribution is -2.60. The van der Waals surface area contributed by atoms with Crippen LogP contribution >= 0.6 is 0 Å². The van der Waals surface area contributed by atoms with Gasteiger partial charge < -0.3 is 10.6 Å². The Bertz CT molecular complexity index is 903. The van der Waals surface area contributed by atoms with E-state index in [9.17, 15) is 31.5 Å². The second kappa shape index (κ2) is 8.91. The van der Waals surface area contributed by atoms with E-state index in [4.69, 9.17) is 0 Å². The van der Waals surface area contributed by atoms with Gasteiger partial charge in [0.1, 0.15) is 17.9 Å². The molecule has 2 heterocycles. The van der Waals surface area contributed by atoms with Gasteiger partial charge in [-0.25, -0.2) is 8.78 Å². The van der Waals surface area contributed by atoms with Gasteiger partial charge in [0.15, 0.2) is 0 Å². The molecule has 0 radical (unpaired) electrons. The molecule has 0 aliphatic carbocycles. The normalized spacial score (nSPS) is 25.0. The Kier molecular flexibility index (Phi) is 6.65. The van der Waals surface area contributed by atoms with Crippen LogP contribution in [0.5, 0.6) is 0 Å². The van der Waals surface area contributed by atoms with Crippen LogP contribution in [-0.4, -0.2) is 37.0 Å². The van der Waals surface area contributed by atoms with Gasteiger partial charge >= 0.3 is 6.36 Å². The third-order valence-corrected chi connectivity index (χ3v) is 5.60. The van der Waals surface area contributed by atoms with Gasteiger partial charge in [-0.1, -0.05) is 11.6 Å². The van der Waals surface area contributed by atoms with Crippen LogP contribution in [0, 0.1) is 23.5 Å². The van der Waals surface area contributed by atoms with E-state index in [1.807, 2.05) is 0 Å². The summed E-state index contributed by atoms with van der Waals surface area (Å²) in [6, 6.07) is 2.36. The molecular weight excluding hydrogens is 425 g/mol. The molecule has 3 rings (SSSR count). The van der Waals surface area contributed by atoms with Crippen molar-refractivity contribution in [3.05, 3.63) is 46.5 Å². The first-order chi connectivity index (χ1) is 14.5. The maximum absolute atomic E-state index is 13.8. The zero-order valence-electron chi connectivity index (χ0n) is 16.8. The second-order valence-corrected chi connectivity index (χ2v) is 7.60. The number of carbonyl (C=O) groups is 2. The van der Waals surface area contributed by atoms with E-state index >= 15 is 0 Å². The highest BCUT2D eigenvalue weighted by molar-refractivity contribution is 6.01. The highest BCUT2D eigenvalue weighted by atomic mass is 19.4. The van der Waals surface area contributed by atoms with Crippen molar-refractivity contribution in [1.29, 1.82) is 0 Å². The molecule has 0 aromatic heterocycles. The van der Waals surface area contributed by atoms with Crippen LogP contribution in [0.15, 0.2) is 29.3 Å². The lowest BCUT2D eigenvalue weighted by molar-refractivity contribution is -0.353. The molecule has 3 unspecified atom stereocenters. The lowest BCUT2D eigenvalue weighted by Gasteiger charge is -2.43. The number of hydrogen-bond acceptors (Lipinski definition) is 4. The van der Waals surface area contributed by atoms with Crippen molar-refractivity contribution in [2.75, 3.05) is 6.54 Å². The number of benzene rings is 1. The lowest BCUT2D eigenvalue weighted by atomic mass is 9.77. The minimum atomic E-state index is -4.87. The molecule has 31 heavy (non-hydrogen) atoms. The molecule has 4 atom stereocenters. The molecule has 3 N–H and O–H groups in total. The minimum absolute atomic E-state index is 0.0396. The predicted molar refractivity (Wildman–Crippen MR) is 99.0 cm³/mol. The van der Waals surface area contributed by atoms with E-state index in [1.54, 1.807) is 0 Å². The van der Waals surface area contributed by atoms with Crippen LogP contribution < -0.4 is 16.0 Å². The molecule has 1 saturated heterocycles. The Labute approximate surface area is 175 Å². The van der Waals surface area contributed by atoms with Crippen molar-refractivity contribution in [3.8, 4) is 0 Å². The standard InChI is InChI=1S/C20H22F5N3O3/c1-9-15(10(2)17(29)27-8-11-3-4-12(21)7-13(11)22)18(30)28-14-5-6-26-19(16(9)14)31-20(23,24)25/h3-4,7,10,14,16,19,26H,5-6,8H2,1-2H3,(H,27,29)(H,28,30)/t10-,14?,16?,19?/m1/s1. The third kappa shape index (κ3) is 5.21. The summed E-state index contributed by atoms with van der Waals surface area (Å²) >= 11 is 0. The summed E-state index contributed by atoms with van der Waals surface area (Å²) in [5.74, 6) is -4.58. The van der Waals surface area contributed by atoms with Gasteiger partial charge in [0.2, 0.25) is 11.8 Å². The Hall–Kier alpha value is -2.53. The minimum Gasteiger partial charge on any atom is -0.351 e. The van der Waals surface area contributed by atoms with E-state index in [-0.39, 0.29) is 24.2 Å². The van der Waals surface area contributed by atoms with Gasteiger partial charge in [-0.05, 0) is 32.9 Å². The zero-order chi connectivity index (χ0) is 22.9. The van der Waals surface area contributed by atoms with Gasteiger partial charge in [0.25, 0.3) is 0 Å². The average Bonchev–Trinajstić information content (AvgIpc) is 2.65. The molecular formula is C20H22F5N3O3. The van der Waals surface area contributed by atoms with Crippen LogP contribution in [0.4, 0.5) is 22.0 Å². The fraction of sp³-hybridized carbons (Fsp3) is 0.500. The molecule has 11 heteroatoms. The van der Waals surface area contributed by atoms with E-state index < -0.39 is 53.9 Å². The van der Waals surface area contributed by atoms with E-state index in [1.165, 1.54) is 19.9 Å². The summed E-state index contributed by atoms with van der Waals surface area (Å²) in [6.45, 7) is 2.93. The first-order valence-corrected chi connectivity index (χ1v) is 9.69. The summed E-state index contributed by atoms with van der Waals surface area (Å²) in [5.41, 5.74) is 0.416. The van der Waals surface area contributed by atoms with Gasteiger partial charge in [-0.2, -0.15) is 0 Å². The Balaban J connectivity index is 1.79. The molecule has 1 fully saturated rings. The average molecular weight is 447 g/mol. The molecule has 1 aromatic rings. The number of carbonyl (C=O) groups excluding carboxylic acids is 2. The number of piperidine rings is 1. The summed E-state index contributed by atoms with van der Waals surface area (Å²) in [5, 5.41) is 7.82. The smallest absolute Gasteiger partial charge is 0.351 e. The largest absolute Gasteiger partial charge is 0.524 e. The van der Waals surface area contributed by atoms with Crippen LogP contribution in [0.2, 0.25) is 0 Å². The molecule has 0 bridgehead atoms. The second-order valence-electron chi connectivity index (χ2n) is 7.60. The predicted octanol–water partition coefficient (Wildman–Crippen LogP) is 2.50. The van der Waals surface area contributed by atoms with E-state index in [0.29, 0.717) is 18.1 Å². The number of nitrogens with one attached hydrogen (secondary N) is 3. The van der Waals surface area contributed by atoms with Crippen molar-refractivity contribution in [2.45, 2.75) is 45.4 Å². The summed E-state index contributed by atoms with van der Waals surface area (Å²) in [7, 11) is 0. The van der Waals surface area contributed by atoms with E-state index in [2.05, 4.69) is 20.7 Å². The molecule has 2 amide bonds. The maximum Gasteiger partial charge on any atom is 0.524 e. The number of halogens is 5. The number of alkyl halides is 3. The maximum atomic E-state index is 13.8. The summed E-state index contributed by atoms with van der Waals surface area (Å²) in [6.07, 6.45) is -5.87. The monoisotopic (exact) mass is 447 g/mol. The van der Waals surface area contributed by atoms with Crippen molar-refractivity contribution in [3.63, 3.8) is 0 Å². The molecule has 2 aliphatic rings. The fourth-order valence-corrected chi connectivity index (χ4v) is 4.12. The van der Waals surface area contributed by atoms with Crippen molar-refractivity contribution in [2.24, 2.45) is 11.8 Å². The quantitative estimate of drug-likeness (QED) is 0.607. The van der Waals surface area contributed by atoms with Crippen LogP contribution in [0.1, 0.15) is 25.8 Å². The molecule has 6 nitrogen and oxygen atoms in total. The number of ether oxygens (including phenoxy) is 1. The highest BCUT2D eigenvalue weighted by Gasteiger charge is 2.46. The number of amides is 2. The van der Waals surface area contributed by atoms with Crippen LogP contribution in [-0.2, 0) is 20.9 Å². The number of rotatable bonds is 5. The van der Waals surface area contributed by atoms with Crippen LogP contribution in [0.3, 0.4) is 0 Å². The first kappa shape index (κ1) is 23.1. The zero-order valence-corrected chi connectivity index (χ0v) is 16.8. The molecule has 170 valence electrons. The Morgan fingerprint density at radius 3 is 2.68 bits per heavy atom. The highest BCUT2D eigenvalue weighted by Crippen LogP contribution is 2.36. The molecule has 2 aliphatic heterocycles. The van der Waals surface area contributed by atoms with Gasteiger partial charge in [0.05, 0.1) is 5.92 Å². The topological polar surface area (TPSA) is 79.5 Å². The number of hydrogen-bond donors (Lipinski definition) is 3. The SMILES string of the molecule is CC1=C([C@@H](C)C(=O)NCc2ccc(F)cc2F)C(=O)NC2CCNC(OC(F)(F)F)C12. The Morgan fingerprint density at radius 1 is 1.32 bits per heavy atom. The third-order valence-electron chi connectivity index (χ3n) is 5.60. The van der Waals surface area contributed by atoms with Crippen LogP contribution in [0.25, 0.3) is 0 Å². The molecule has 1 aromatic carbocycles. The van der Waals surface area contributed by atoms with E-state index in [0.717, 1.165) is 6.07 Å². The number of fused-ring (bicyclic) bond motifs is 1. The van der Waals surface area contributed by atoms with Gasteiger partial charge in [-0.3, -0.25) is 19.6 Å². The van der Waals surface area contributed by atoms with Crippen molar-refractivity contribution >= 4 is 11.8 Å². The van der Waals surface area contributed by atoms with Gasteiger partial charge in [-0.15, -0.1) is 13.2 Å². The molecule has 0 saturated carbocycles. The van der Waals surface area contributed by atoms with Crippen molar-refractivity contribution in [1.82, 2.24) is 16.0 Å². The first-order valence-electron chi connectivity index (χ1n) is 9.69. The van der Waals surface area contributed by atoms with Crippen molar-refractivity contribution < 1.29 is 36.3 Å². The fourth-order valence-electron chi connectivity index (χ4n) is 4.12. The van der Waals surface area contributed by atoms with Gasteiger partial charge in [0, 0.05) is 35.7 Å². The Morgan fingerprint density at radius 2 is 2.03 bits per heavy atom.